The van der Waals surface area contributed by atoms with Crippen LogP contribution in [-0.4, -0.2) is 18.9 Å². The highest BCUT2D eigenvalue weighted by Gasteiger charge is 2.06. The number of ketones is 1. The number of allylic oxidation sites excluding steroid dienone is 3. The third-order valence-corrected chi connectivity index (χ3v) is 3.01. The lowest BCUT2D eigenvalue weighted by Crippen LogP contribution is -2.06. The number of Topliss-reactive ketones (excluding diaryl/α,β-unsaturated/α-hetero) is 1. The average Bonchev–Trinajstić information content (AvgIpc) is 2.35. The number of ether oxygens (including phenoxy) is 1. The molecule has 0 heterocycles. The summed E-state index contributed by atoms with van der Waals surface area (Å²) in [4.78, 5) is 22.5. The van der Waals surface area contributed by atoms with Crippen LogP contribution in [-0.2, 0) is 14.3 Å². The molecule has 0 unspecified atom stereocenters. The summed E-state index contributed by atoms with van der Waals surface area (Å²) in [7, 11) is 1.38. The number of hydrogen-bond acceptors (Lipinski definition) is 3. The Balaban J connectivity index is 4.03. The molecule has 3 heteroatoms. The first kappa shape index (κ1) is 17.6. The summed E-state index contributed by atoms with van der Waals surface area (Å²) < 4.78 is 4.57. The Kier molecular flexibility index (Phi) is 8.84. The van der Waals surface area contributed by atoms with Gasteiger partial charge in [-0.05, 0) is 33.1 Å². The number of carbonyl (C=O) groups excluding carboxylic acids is 2. The van der Waals surface area contributed by atoms with Gasteiger partial charge in [-0.1, -0.05) is 31.1 Å². The van der Waals surface area contributed by atoms with Crippen molar-refractivity contribution < 1.29 is 14.3 Å². The van der Waals surface area contributed by atoms with E-state index in [4.69, 9.17) is 0 Å². The predicted octanol–water partition coefficient (Wildman–Crippen LogP) is 3.84. The van der Waals surface area contributed by atoms with Crippen LogP contribution < -0.4 is 0 Å². The number of hydrogen-bond donors (Lipinski definition) is 0. The van der Waals surface area contributed by atoms with Crippen molar-refractivity contribution in [1.82, 2.24) is 0 Å². The Morgan fingerprint density at radius 3 is 2.21 bits per heavy atom. The first-order chi connectivity index (χ1) is 8.86. The van der Waals surface area contributed by atoms with Crippen molar-refractivity contribution in [3.05, 3.63) is 23.3 Å². The third kappa shape index (κ3) is 9.23. The molecule has 19 heavy (non-hydrogen) atoms. The van der Waals surface area contributed by atoms with Gasteiger partial charge in [0.1, 0.15) is 5.78 Å². The molecule has 0 spiro atoms. The molecule has 3 nitrogen and oxygen atoms in total. The molecule has 0 atom stereocenters. The lowest BCUT2D eigenvalue weighted by Gasteiger charge is -2.04. The second-order valence-electron chi connectivity index (χ2n) is 5.22. The van der Waals surface area contributed by atoms with Crippen LogP contribution in [0.3, 0.4) is 0 Å². The van der Waals surface area contributed by atoms with E-state index >= 15 is 0 Å². The second kappa shape index (κ2) is 9.54. The van der Waals surface area contributed by atoms with Crippen molar-refractivity contribution in [2.45, 2.75) is 53.4 Å². The van der Waals surface area contributed by atoms with Crippen molar-refractivity contribution in [1.29, 1.82) is 0 Å². The molecule has 0 aromatic carbocycles. The van der Waals surface area contributed by atoms with Gasteiger partial charge in [0, 0.05) is 18.4 Å². The zero-order chi connectivity index (χ0) is 14.8. The average molecular weight is 266 g/mol. The Morgan fingerprint density at radius 2 is 1.68 bits per heavy atom. The van der Waals surface area contributed by atoms with Crippen LogP contribution >= 0.6 is 0 Å². The van der Waals surface area contributed by atoms with Crippen molar-refractivity contribution in [2.75, 3.05) is 7.11 Å². The maximum absolute atomic E-state index is 11.5. The minimum absolute atomic E-state index is 0.123. The summed E-state index contributed by atoms with van der Waals surface area (Å²) in [6, 6.07) is 0. The van der Waals surface area contributed by atoms with E-state index in [2.05, 4.69) is 10.8 Å². The first-order valence-corrected chi connectivity index (χ1v) is 6.80. The van der Waals surface area contributed by atoms with E-state index in [9.17, 15) is 9.59 Å². The second-order valence-corrected chi connectivity index (χ2v) is 5.22. The number of rotatable bonds is 8. The molecule has 0 aliphatic heterocycles. The molecule has 0 aromatic heterocycles. The smallest absolute Gasteiger partial charge is 0.330 e. The van der Waals surface area contributed by atoms with Gasteiger partial charge >= 0.3 is 5.97 Å². The summed E-state index contributed by atoms with van der Waals surface area (Å²) in [5.74, 6) is 0.133. The van der Waals surface area contributed by atoms with E-state index in [1.807, 2.05) is 27.7 Å². The summed E-state index contributed by atoms with van der Waals surface area (Å²) >= 11 is 0. The molecular formula is C16H26O3. The highest BCUT2D eigenvalue weighted by molar-refractivity contribution is 5.82. The topological polar surface area (TPSA) is 43.4 Å². The van der Waals surface area contributed by atoms with Crippen LogP contribution in [0.5, 0.6) is 0 Å². The minimum atomic E-state index is -0.305. The van der Waals surface area contributed by atoms with Gasteiger partial charge in [-0.3, -0.25) is 4.79 Å². The van der Waals surface area contributed by atoms with Crippen molar-refractivity contribution in [3.8, 4) is 0 Å². The molecule has 0 saturated carbocycles. The third-order valence-electron chi connectivity index (χ3n) is 3.01. The molecule has 0 amide bonds. The van der Waals surface area contributed by atoms with E-state index in [0.717, 1.165) is 24.8 Å². The molecule has 0 radical (unpaired) electrons. The highest BCUT2D eigenvalue weighted by Crippen LogP contribution is 2.12. The molecule has 0 N–H and O–H groups in total. The van der Waals surface area contributed by atoms with Gasteiger partial charge in [0.25, 0.3) is 0 Å². The molecule has 0 aromatic rings. The standard InChI is InChI=1S/C16H26O3/c1-12(2)15(17)10-9-13(3)7-6-8-14(4)11-16(18)19-5/h7,11-12H,6,8-10H2,1-5H3. The van der Waals surface area contributed by atoms with E-state index in [0.29, 0.717) is 12.2 Å². The summed E-state index contributed by atoms with van der Waals surface area (Å²) in [5, 5.41) is 0. The minimum Gasteiger partial charge on any atom is -0.466 e. The molecule has 0 rings (SSSR count). The van der Waals surface area contributed by atoms with Crippen LogP contribution in [0.1, 0.15) is 53.4 Å². The monoisotopic (exact) mass is 266 g/mol. The molecular weight excluding hydrogens is 240 g/mol. The highest BCUT2D eigenvalue weighted by atomic mass is 16.5. The number of methoxy groups -OCH3 is 1. The predicted molar refractivity (Wildman–Crippen MR) is 77.8 cm³/mol. The maximum Gasteiger partial charge on any atom is 0.330 e. The maximum atomic E-state index is 11.5. The van der Waals surface area contributed by atoms with Gasteiger partial charge in [-0.25, -0.2) is 4.79 Å². The lowest BCUT2D eigenvalue weighted by molar-refractivity contribution is -0.134. The molecule has 0 aliphatic rings. The molecule has 0 bridgehead atoms. The van der Waals surface area contributed by atoms with Gasteiger partial charge in [-0.2, -0.15) is 0 Å². The normalized spacial score (nSPS) is 12.7. The summed E-state index contributed by atoms with van der Waals surface area (Å²) in [6.45, 7) is 7.83. The van der Waals surface area contributed by atoms with Crippen LogP contribution in [0.4, 0.5) is 0 Å². The van der Waals surface area contributed by atoms with Crippen molar-refractivity contribution in [3.63, 3.8) is 0 Å². The Bertz CT molecular complexity index is 362. The van der Waals surface area contributed by atoms with Gasteiger partial charge in [-0.15, -0.1) is 0 Å². The molecule has 0 saturated heterocycles. The number of carbonyl (C=O) groups is 2. The molecule has 0 aliphatic carbocycles. The van der Waals surface area contributed by atoms with Gasteiger partial charge in [0.2, 0.25) is 0 Å². The summed E-state index contributed by atoms with van der Waals surface area (Å²) in [6.07, 6.45) is 6.84. The van der Waals surface area contributed by atoms with Crippen molar-refractivity contribution in [2.24, 2.45) is 5.92 Å². The Labute approximate surface area is 116 Å². The largest absolute Gasteiger partial charge is 0.466 e. The van der Waals surface area contributed by atoms with E-state index in [1.165, 1.54) is 18.8 Å². The van der Waals surface area contributed by atoms with Gasteiger partial charge in [0.15, 0.2) is 0 Å². The van der Waals surface area contributed by atoms with Gasteiger partial charge in [0.05, 0.1) is 7.11 Å². The van der Waals surface area contributed by atoms with Gasteiger partial charge < -0.3 is 4.74 Å². The van der Waals surface area contributed by atoms with Crippen molar-refractivity contribution >= 4 is 11.8 Å². The summed E-state index contributed by atoms with van der Waals surface area (Å²) in [5.41, 5.74) is 2.24. The fraction of sp³-hybridized carbons (Fsp3) is 0.625. The number of esters is 1. The fourth-order valence-electron chi connectivity index (χ4n) is 1.59. The Hall–Kier alpha value is -1.38. The SMILES string of the molecule is COC(=O)C=C(C)CCC=C(C)CCC(=O)C(C)C. The van der Waals surface area contributed by atoms with E-state index < -0.39 is 0 Å². The van der Waals surface area contributed by atoms with E-state index in [1.54, 1.807) is 0 Å². The van der Waals surface area contributed by atoms with E-state index in [-0.39, 0.29) is 11.9 Å². The molecule has 108 valence electrons. The Morgan fingerprint density at radius 1 is 1.05 bits per heavy atom. The zero-order valence-electron chi connectivity index (χ0n) is 12.8. The molecule has 0 fully saturated rings. The van der Waals surface area contributed by atoms with Crippen LogP contribution in [0.25, 0.3) is 0 Å². The fourth-order valence-corrected chi connectivity index (χ4v) is 1.59. The first-order valence-electron chi connectivity index (χ1n) is 6.80. The zero-order valence-corrected chi connectivity index (χ0v) is 12.8. The van der Waals surface area contributed by atoms with Crippen LogP contribution in [0.15, 0.2) is 23.3 Å². The van der Waals surface area contributed by atoms with Crippen LogP contribution in [0.2, 0.25) is 0 Å². The van der Waals surface area contributed by atoms with Crippen LogP contribution in [0, 0.1) is 5.92 Å². The quantitative estimate of drug-likeness (QED) is 0.381. The lowest BCUT2D eigenvalue weighted by atomic mass is 10.0.